The van der Waals surface area contributed by atoms with Crippen molar-refractivity contribution in [3.8, 4) is 0 Å². The van der Waals surface area contributed by atoms with E-state index in [4.69, 9.17) is 0 Å². The number of anilines is 1. The third-order valence-corrected chi connectivity index (χ3v) is 4.14. The van der Waals surface area contributed by atoms with Gasteiger partial charge in [-0.05, 0) is 56.1 Å². The first-order valence-electron chi connectivity index (χ1n) is 7.52. The van der Waals surface area contributed by atoms with Crippen molar-refractivity contribution < 1.29 is 4.85 Å². The number of aryl methyl sites for hydroxylation is 2. The molecule has 112 valence electrons. The van der Waals surface area contributed by atoms with E-state index in [0.717, 1.165) is 35.2 Å². The summed E-state index contributed by atoms with van der Waals surface area (Å²) in [5.74, 6) is 0.385. The minimum absolute atomic E-state index is 0.285. The van der Waals surface area contributed by atoms with Crippen LogP contribution < -0.4 is 15.5 Å². The molecule has 1 aliphatic rings. The Morgan fingerprint density at radius 2 is 2.14 bits per heavy atom. The molecule has 1 aliphatic carbocycles. The van der Waals surface area contributed by atoms with Crippen LogP contribution in [-0.4, -0.2) is 29.7 Å². The Balaban J connectivity index is 1.97. The highest BCUT2D eigenvalue weighted by atomic mass is 16.5. The Bertz CT molecular complexity index is 658. The van der Waals surface area contributed by atoms with Crippen LogP contribution in [0.3, 0.4) is 0 Å². The van der Waals surface area contributed by atoms with Gasteiger partial charge in [-0.2, -0.15) is 0 Å². The molecular formula is C15H21N5O. The lowest BCUT2D eigenvalue weighted by atomic mass is 9.91. The van der Waals surface area contributed by atoms with Crippen molar-refractivity contribution in [2.24, 2.45) is 0 Å². The summed E-state index contributed by atoms with van der Waals surface area (Å²) in [6.07, 6.45) is 4.32. The maximum atomic E-state index is 12.3. The standard InChI is InChI=1S/C15H21N5O/c1-10(16-2)9-17-15-18-13-8-7-11-5-3-4-6-12(11)14(13)20(21)19-15/h7-8,10,16H,3-6,9H2,1-2H3,(H,17,18,19). The third kappa shape index (κ3) is 2.76. The Morgan fingerprint density at radius 1 is 1.33 bits per heavy atom. The van der Waals surface area contributed by atoms with Crippen LogP contribution in [-0.2, 0) is 12.8 Å². The molecule has 0 saturated carbocycles. The van der Waals surface area contributed by atoms with Crippen molar-refractivity contribution in [3.63, 3.8) is 0 Å². The van der Waals surface area contributed by atoms with Gasteiger partial charge in [-0.3, -0.25) is 0 Å². The van der Waals surface area contributed by atoms with E-state index < -0.39 is 0 Å². The lowest BCUT2D eigenvalue weighted by Gasteiger charge is -2.16. The molecule has 1 unspecified atom stereocenters. The molecule has 0 amide bonds. The summed E-state index contributed by atoms with van der Waals surface area (Å²) in [6, 6.07) is 4.32. The predicted octanol–water partition coefficient (Wildman–Crippen LogP) is 1.16. The van der Waals surface area contributed by atoms with Crippen LogP contribution in [0.1, 0.15) is 30.9 Å². The van der Waals surface area contributed by atoms with Crippen LogP contribution in [0, 0.1) is 5.21 Å². The number of aromatic nitrogens is 3. The first-order valence-corrected chi connectivity index (χ1v) is 7.52. The molecule has 1 atom stereocenters. The number of likely N-dealkylation sites (N-methyl/N-ethyl adjacent to an activating group) is 1. The van der Waals surface area contributed by atoms with Gasteiger partial charge in [0, 0.05) is 18.2 Å². The van der Waals surface area contributed by atoms with E-state index in [1.54, 1.807) is 0 Å². The van der Waals surface area contributed by atoms with Gasteiger partial charge in [0.1, 0.15) is 5.52 Å². The average molecular weight is 287 g/mol. The number of rotatable bonds is 4. The molecule has 0 fully saturated rings. The summed E-state index contributed by atoms with van der Waals surface area (Å²) in [6.45, 7) is 2.72. The topological polar surface area (TPSA) is 76.8 Å². The molecule has 6 nitrogen and oxygen atoms in total. The van der Waals surface area contributed by atoms with Crippen LogP contribution >= 0.6 is 0 Å². The minimum Gasteiger partial charge on any atom is -0.594 e. The molecule has 6 heteroatoms. The smallest absolute Gasteiger partial charge is 0.290 e. The van der Waals surface area contributed by atoms with E-state index in [-0.39, 0.29) is 6.04 Å². The second-order valence-corrected chi connectivity index (χ2v) is 5.66. The van der Waals surface area contributed by atoms with E-state index in [1.807, 2.05) is 13.1 Å². The Morgan fingerprint density at radius 3 is 2.95 bits per heavy atom. The highest BCUT2D eigenvalue weighted by molar-refractivity contribution is 5.77. The molecule has 3 rings (SSSR count). The molecule has 0 bridgehead atoms. The third-order valence-electron chi connectivity index (χ3n) is 4.14. The van der Waals surface area contributed by atoms with Gasteiger partial charge in [-0.1, -0.05) is 6.07 Å². The van der Waals surface area contributed by atoms with Crippen molar-refractivity contribution in [2.75, 3.05) is 18.9 Å². The van der Waals surface area contributed by atoms with Gasteiger partial charge in [0.2, 0.25) is 0 Å². The molecule has 1 aromatic heterocycles. The number of benzene rings is 1. The second kappa shape index (κ2) is 5.81. The largest absolute Gasteiger partial charge is 0.594 e. The van der Waals surface area contributed by atoms with Gasteiger partial charge in [0.25, 0.3) is 11.5 Å². The maximum Gasteiger partial charge on any atom is 0.290 e. The van der Waals surface area contributed by atoms with Gasteiger partial charge in [-0.15, -0.1) is 0 Å². The SMILES string of the molecule is CNC(C)CNc1nc2ccc3c(c2[n+]([O-])n1)CCCC3. The summed E-state index contributed by atoms with van der Waals surface area (Å²) in [4.78, 5) is 5.21. The van der Waals surface area contributed by atoms with Gasteiger partial charge < -0.3 is 15.8 Å². The summed E-state index contributed by atoms with van der Waals surface area (Å²) < 4.78 is 0. The fourth-order valence-electron chi connectivity index (χ4n) is 2.79. The molecule has 0 spiro atoms. The fraction of sp³-hybridized carbons (Fsp3) is 0.533. The quantitative estimate of drug-likeness (QED) is 0.652. The van der Waals surface area contributed by atoms with Gasteiger partial charge in [-0.25, -0.2) is 4.98 Å². The van der Waals surface area contributed by atoms with Gasteiger partial charge in [0.15, 0.2) is 0 Å². The maximum absolute atomic E-state index is 12.3. The summed E-state index contributed by atoms with van der Waals surface area (Å²) >= 11 is 0. The number of nitrogens with one attached hydrogen (secondary N) is 2. The average Bonchev–Trinajstić information content (AvgIpc) is 2.52. The van der Waals surface area contributed by atoms with Crippen LogP contribution in [0.2, 0.25) is 0 Å². The Labute approximate surface area is 124 Å². The van der Waals surface area contributed by atoms with Gasteiger partial charge >= 0.3 is 0 Å². The molecule has 2 aromatic rings. The normalized spacial score (nSPS) is 15.7. The molecule has 2 N–H and O–H groups in total. The Kier molecular flexibility index (Phi) is 3.88. The fourth-order valence-corrected chi connectivity index (χ4v) is 2.79. The zero-order valence-corrected chi connectivity index (χ0v) is 12.5. The minimum atomic E-state index is 0.285. The zero-order valence-electron chi connectivity index (χ0n) is 12.5. The molecule has 1 aromatic carbocycles. The number of hydrogen-bond donors (Lipinski definition) is 2. The molecule has 0 saturated heterocycles. The highest BCUT2D eigenvalue weighted by Gasteiger charge is 2.21. The number of nitrogens with zero attached hydrogens (tertiary/aromatic N) is 3. The van der Waals surface area contributed by atoms with Crippen molar-refractivity contribution in [3.05, 3.63) is 28.5 Å². The first kappa shape index (κ1) is 14.0. The van der Waals surface area contributed by atoms with E-state index in [1.165, 1.54) is 12.0 Å². The van der Waals surface area contributed by atoms with Crippen LogP contribution in [0.25, 0.3) is 11.0 Å². The summed E-state index contributed by atoms with van der Waals surface area (Å²) in [7, 11) is 1.90. The lowest BCUT2D eigenvalue weighted by molar-refractivity contribution is -0.642. The van der Waals surface area contributed by atoms with Crippen LogP contribution in [0.15, 0.2) is 12.1 Å². The lowest BCUT2D eigenvalue weighted by Crippen LogP contribution is -2.36. The molecule has 21 heavy (non-hydrogen) atoms. The first-order chi connectivity index (χ1) is 10.2. The zero-order chi connectivity index (χ0) is 14.8. The predicted molar refractivity (Wildman–Crippen MR) is 82.2 cm³/mol. The number of hydrogen-bond acceptors (Lipinski definition) is 5. The number of fused-ring (bicyclic) bond motifs is 3. The van der Waals surface area contributed by atoms with E-state index in [0.29, 0.717) is 18.0 Å². The van der Waals surface area contributed by atoms with E-state index >= 15 is 0 Å². The van der Waals surface area contributed by atoms with Crippen LogP contribution in [0.5, 0.6) is 0 Å². The molecular weight excluding hydrogens is 266 g/mol. The molecule has 0 radical (unpaired) electrons. The summed E-state index contributed by atoms with van der Waals surface area (Å²) in [5.41, 5.74) is 3.76. The van der Waals surface area contributed by atoms with Crippen molar-refractivity contribution >= 4 is 17.0 Å². The van der Waals surface area contributed by atoms with Gasteiger partial charge in [0.05, 0.1) is 5.10 Å². The van der Waals surface area contributed by atoms with Crippen LogP contribution in [0.4, 0.5) is 5.95 Å². The highest BCUT2D eigenvalue weighted by Crippen LogP contribution is 2.26. The van der Waals surface area contributed by atoms with E-state index in [9.17, 15) is 5.21 Å². The van der Waals surface area contributed by atoms with Crippen molar-refractivity contribution in [1.29, 1.82) is 0 Å². The van der Waals surface area contributed by atoms with Crippen molar-refractivity contribution in [2.45, 2.75) is 38.6 Å². The molecule has 0 aliphatic heterocycles. The second-order valence-electron chi connectivity index (χ2n) is 5.66. The molecule has 1 heterocycles. The van der Waals surface area contributed by atoms with E-state index in [2.05, 4.69) is 33.7 Å². The monoisotopic (exact) mass is 287 g/mol. The Hall–Kier alpha value is -1.95. The summed E-state index contributed by atoms with van der Waals surface area (Å²) in [5, 5.41) is 22.6. The van der Waals surface area contributed by atoms with Crippen molar-refractivity contribution in [1.82, 2.24) is 15.4 Å².